The Hall–Kier alpha value is -2.18. The van der Waals surface area contributed by atoms with Gasteiger partial charge in [-0.25, -0.2) is 0 Å². The molecule has 2 aromatic rings. The molecule has 0 radical (unpaired) electrons. The van der Waals surface area contributed by atoms with Crippen LogP contribution in [-0.2, 0) is 0 Å². The first kappa shape index (κ1) is 13.5. The van der Waals surface area contributed by atoms with Crippen LogP contribution < -0.4 is 0 Å². The predicted molar refractivity (Wildman–Crippen MR) is 84.4 cm³/mol. The lowest BCUT2D eigenvalue weighted by Crippen LogP contribution is -1.94. The molecule has 106 valence electrons. The van der Waals surface area contributed by atoms with Crippen LogP contribution in [0.4, 0.5) is 0 Å². The third kappa shape index (κ3) is 1.88. The highest BCUT2D eigenvalue weighted by Gasteiger charge is 2.30. The minimum Gasteiger partial charge on any atom is -0.281 e. The zero-order valence-corrected chi connectivity index (χ0v) is 12.5. The summed E-state index contributed by atoms with van der Waals surface area (Å²) < 4.78 is 0. The molecule has 0 atom stereocenters. The van der Waals surface area contributed by atoms with E-state index in [1.807, 2.05) is 0 Å². The van der Waals surface area contributed by atoms with Gasteiger partial charge in [0, 0.05) is 22.3 Å². The number of hydrogen-bond acceptors (Lipinski definition) is 6. The lowest BCUT2D eigenvalue weighted by atomic mass is 9.97. The number of thioether (sulfide) groups is 2. The average molecular weight is 326 g/mol. The average Bonchev–Trinajstić information content (AvgIpc) is 2.96. The maximum absolute atomic E-state index is 11.8. The molecule has 0 aliphatic carbocycles. The van der Waals surface area contributed by atoms with Gasteiger partial charge in [-0.3, -0.25) is 19.2 Å². The molecular formula is C16H6O4S2. The maximum Gasteiger partial charge on any atom is 0.227 e. The molecule has 0 amide bonds. The third-order valence-corrected chi connectivity index (χ3v) is 5.24. The van der Waals surface area contributed by atoms with Gasteiger partial charge < -0.3 is 0 Å². The van der Waals surface area contributed by atoms with E-state index in [4.69, 9.17) is 0 Å². The second-order valence-corrected chi connectivity index (χ2v) is 6.77. The second-order valence-electron chi connectivity index (χ2n) is 4.87. The molecule has 0 saturated heterocycles. The molecular weight excluding hydrogens is 320 g/mol. The van der Waals surface area contributed by atoms with Gasteiger partial charge >= 0.3 is 0 Å². The summed E-state index contributed by atoms with van der Waals surface area (Å²) in [7, 11) is 0. The first-order chi connectivity index (χ1) is 10.5. The molecule has 2 aliphatic rings. The number of carbonyl (C=O) groups is 4. The standard InChI is InChI=1S/C16H6O4S2/c17-13-9-3-1-7(5-11(9)15(19)21-13)8-2-4-10-12(6-8)16(20)22-14(10)18/h1-6H. The summed E-state index contributed by atoms with van der Waals surface area (Å²) in [6.45, 7) is 0. The number of benzene rings is 2. The molecule has 22 heavy (non-hydrogen) atoms. The van der Waals surface area contributed by atoms with Gasteiger partial charge in [-0.05, 0) is 58.9 Å². The van der Waals surface area contributed by atoms with Gasteiger partial charge in [0.05, 0.1) is 0 Å². The van der Waals surface area contributed by atoms with Crippen molar-refractivity contribution in [1.29, 1.82) is 0 Å². The summed E-state index contributed by atoms with van der Waals surface area (Å²) in [5, 5.41) is -0.995. The lowest BCUT2D eigenvalue weighted by molar-refractivity contribution is 0.107. The van der Waals surface area contributed by atoms with Crippen molar-refractivity contribution in [2.75, 3.05) is 0 Å². The summed E-state index contributed by atoms with van der Waals surface area (Å²) in [6.07, 6.45) is 0. The Morgan fingerprint density at radius 1 is 0.500 bits per heavy atom. The molecule has 0 fully saturated rings. The number of fused-ring (bicyclic) bond motifs is 2. The van der Waals surface area contributed by atoms with Crippen molar-refractivity contribution >= 4 is 44.0 Å². The Kier molecular flexibility index (Phi) is 2.85. The zero-order valence-electron chi connectivity index (χ0n) is 10.9. The summed E-state index contributed by atoms with van der Waals surface area (Å²) in [5.74, 6) is 0. The predicted octanol–water partition coefficient (Wildman–Crippen LogP) is 3.41. The van der Waals surface area contributed by atoms with Crippen molar-refractivity contribution in [1.82, 2.24) is 0 Å². The van der Waals surface area contributed by atoms with E-state index in [2.05, 4.69) is 0 Å². The first-order valence-electron chi connectivity index (χ1n) is 6.36. The van der Waals surface area contributed by atoms with Gasteiger partial charge in [-0.1, -0.05) is 12.1 Å². The SMILES string of the molecule is O=C1SC(=O)c2cc(-c3ccc4c(c3)C(=O)SC4=O)ccc21. The summed E-state index contributed by atoms with van der Waals surface area (Å²) in [6, 6.07) is 10.1. The molecule has 0 unspecified atom stereocenters. The molecule has 0 saturated carbocycles. The van der Waals surface area contributed by atoms with E-state index in [0.717, 1.165) is 11.1 Å². The van der Waals surface area contributed by atoms with E-state index in [0.29, 0.717) is 45.8 Å². The number of carbonyl (C=O) groups excluding carboxylic acids is 4. The number of rotatable bonds is 1. The van der Waals surface area contributed by atoms with Gasteiger partial charge in [0.15, 0.2) is 0 Å². The number of hydrogen-bond donors (Lipinski definition) is 0. The van der Waals surface area contributed by atoms with Crippen molar-refractivity contribution in [3.8, 4) is 11.1 Å². The van der Waals surface area contributed by atoms with Crippen LogP contribution in [0.25, 0.3) is 11.1 Å². The van der Waals surface area contributed by atoms with Gasteiger partial charge in [-0.2, -0.15) is 0 Å². The van der Waals surface area contributed by atoms with Crippen LogP contribution in [0, 0.1) is 0 Å². The topological polar surface area (TPSA) is 68.3 Å². The Balaban J connectivity index is 1.84. The fraction of sp³-hybridized carbons (Fsp3) is 0. The van der Waals surface area contributed by atoms with Crippen LogP contribution in [-0.4, -0.2) is 20.5 Å². The normalized spacial score (nSPS) is 16.2. The zero-order chi connectivity index (χ0) is 15.4. The molecule has 4 nitrogen and oxygen atoms in total. The maximum atomic E-state index is 11.8. The molecule has 4 rings (SSSR count). The molecule has 2 heterocycles. The molecule has 6 heteroatoms. The largest absolute Gasteiger partial charge is 0.281 e. The van der Waals surface area contributed by atoms with E-state index in [-0.39, 0.29) is 20.5 Å². The van der Waals surface area contributed by atoms with Gasteiger partial charge in [0.25, 0.3) is 0 Å². The van der Waals surface area contributed by atoms with Crippen LogP contribution in [0.3, 0.4) is 0 Å². The van der Waals surface area contributed by atoms with Gasteiger partial charge in [0.1, 0.15) is 0 Å². The van der Waals surface area contributed by atoms with E-state index in [1.54, 1.807) is 36.4 Å². The molecule has 0 spiro atoms. The Bertz CT molecular complexity index is 839. The Labute approximate surface area is 133 Å². The molecule has 2 aromatic carbocycles. The Morgan fingerprint density at radius 3 is 1.27 bits per heavy atom. The van der Waals surface area contributed by atoms with Crippen LogP contribution in [0.5, 0.6) is 0 Å². The van der Waals surface area contributed by atoms with E-state index in [9.17, 15) is 19.2 Å². The smallest absolute Gasteiger partial charge is 0.227 e. The van der Waals surface area contributed by atoms with Crippen LogP contribution in [0.15, 0.2) is 36.4 Å². The highest BCUT2D eigenvalue weighted by molar-refractivity contribution is 8.28. The first-order valence-corrected chi connectivity index (χ1v) is 7.99. The molecule has 0 aromatic heterocycles. The molecule has 2 aliphatic heterocycles. The van der Waals surface area contributed by atoms with Gasteiger partial charge in [0.2, 0.25) is 20.5 Å². The van der Waals surface area contributed by atoms with Crippen LogP contribution in [0.2, 0.25) is 0 Å². The fourth-order valence-corrected chi connectivity index (χ4v) is 4.00. The van der Waals surface area contributed by atoms with Crippen LogP contribution in [0.1, 0.15) is 41.4 Å². The van der Waals surface area contributed by atoms with Crippen molar-refractivity contribution in [2.45, 2.75) is 0 Å². The highest BCUT2D eigenvalue weighted by atomic mass is 32.2. The quantitative estimate of drug-likeness (QED) is 0.800. The van der Waals surface area contributed by atoms with E-state index < -0.39 is 0 Å². The fourth-order valence-electron chi connectivity index (χ4n) is 2.53. The van der Waals surface area contributed by atoms with Crippen molar-refractivity contribution in [3.05, 3.63) is 58.7 Å². The Morgan fingerprint density at radius 2 is 0.864 bits per heavy atom. The van der Waals surface area contributed by atoms with Crippen molar-refractivity contribution < 1.29 is 19.2 Å². The lowest BCUT2D eigenvalue weighted by Gasteiger charge is -2.05. The van der Waals surface area contributed by atoms with E-state index >= 15 is 0 Å². The molecule has 0 N–H and O–H groups in total. The van der Waals surface area contributed by atoms with Gasteiger partial charge in [-0.15, -0.1) is 0 Å². The molecule has 0 bridgehead atoms. The van der Waals surface area contributed by atoms with E-state index in [1.165, 1.54) is 0 Å². The minimum absolute atomic E-state index is 0.238. The third-order valence-electron chi connectivity index (χ3n) is 3.62. The van der Waals surface area contributed by atoms with Crippen molar-refractivity contribution in [3.63, 3.8) is 0 Å². The monoisotopic (exact) mass is 326 g/mol. The minimum atomic E-state index is -0.259. The highest BCUT2D eigenvalue weighted by Crippen LogP contribution is 2.36. The summed E-state index contributed by atoms with van der Waals surface area (Å²) in [4.78, 5) is 46.8. The van der Waals surface area contributed by atoms with Crippen molar-refractivity contribution in [2.24, 2.45) is 0 Å². The summed E-state index contributed by atoms with van der Waals surface area (Å²) >= 11 is 1.39. The van der Waals surface area contributed by atoms with Crippen LogP contribution >= 0.6 is 23.5 Å². The summed E-state index contributed by atoms with van der Waals surface area (Å²) in [5.41, 5.74) is 3.10. The second kappa shape index (κ2) is 4.66.